The highest BCUT2D eigenvalue weighted by atomic mass is 16.5. The Labute approximate surface area is 107 Å². The molecule has 0 atom stereocenters. The Balaban J connectivity index is 2.09. The molecule has 1 aliphatic carbocycles. The summed E-state index contributed by atoms with van der Waals surface area (Å²) in [6.45, 7) is 2.69. The largest absolute Gasteiger partial charge is 0.494 e. The van der Waals surface area contributed by atoms with Gasteiger partial charge in [-0.2, -0.15) is 5.26 Å². The lowest BCUT2D eigenvalue weighted by Gasteiger charge is -2.19. The number of amides is 1. The summed E-state index contributed by atoms with van der Waals surface area (Å²) in [5.74, 6) is 0.689. The van der Waals surface area contributed by atoms with Crippen molar-refractivity contribution in [2.24, 2.45) is 0 Å². The van der Waals surface area contributed by atoms with Crippen LogP contribution in [0.2, 0.25) is 0 Å². The molecule has 0 aromatic heterocycles. The van der Waals surface area contributed by atoms with Crippen LogP contribution in [0.25, 0.3) is 0 Å². The first-order valence-corrected chi connectivity index (χ1v) is 6.17. The number of rotatable bonds is 5. The maximum atomic E-state index is 12.2. The molecule has 1 fully saturated rings. The molecular formula is C14H16N2O2. The first-order chi connectivity index (χ1) is 8.76. The van der Waals surface area contributed by atoms with Crippen molar-refractivity contribution in [3.63, 3.8) is 0 Å². The molecule has 1 aromatic rings. The highest BCUT2D eigenvalue weighted by molar-refractivity contribution is 5.94. The van der Waals surface area contributed by atoms with Gasteiger partial charge >= 0.3 is 0 Å². The number of hydrogen-bond acceptors (Lipinski definition) is 3. The van der Waals surface area contributed by atoms with E-state index in [2.05, 4.69) is 6.07 Å². The van der Waals surface area contributed by atoms with Gasteiger partial charge in [0.2, 0.25) is 0 Å². The van der Waals surface area contributed by atoms with Crippen molar-refractivity contribution in [3.05, 3.63) is 29.8 Å². The molecule has 18 heavy (non-hydrogen) atoms. The quantitative estimate of drug-likeness (QED) is 0.746. The van der Waals surface area contributed by atoms with Crippen molar-refractivity contribution in [1.29, 1.82) is 5.26 Å². The average molecular weight is 244 g/mol. The third kappa shape index (κ3) is 2.80. The molecular weight excluding hydrogens is 228 g/mol. The van der Waals surface area contributed by atoms with Crippen LogP contribution in [0.3, 0.4) is 0 Å². The minimum absolute atomic E-state index is 0.0675. The molecule has 94 valence electrons. The van der Waals surface area contributed by atoms with Crippen molar-refractivity contribution in [1.82, 2.24) is 4.90 Å². The summed E-state index contributed by atoms with van der Waals surface area (Å²) in [7, 11) is 0. The molecule has 0 radical (unpaired) electrons. The van der Waals surface area contributed by atoms with Gasteiger partial charge in [0.25, 0.3) is 5.91 Å². The van der Waals surface area contributed by atoms with Gasteiger partial charge in [0.15, 0.2) is 0 Å². The summed E-state index contributed by atoms with van der Waals surface area (Å²) in [4.78, 5) is 13.9. The lowest BCUT2D eigenvalue weighted by molar-refractivity contribution is 0.0765. The highest BCUT2D eigenvalue weighted by Gasteiger charge is 2.32. The standard InChI is InChI=1S/C14H16N2O2/c1-2-18-13-7-3-11(4-8-13)14(17)16(10-9-15)12-5-6-12/h3-4,7-8,12H,2,5-6,10H2,1H3. The van der Waals surface area contributed by atoms with Crippen molar-refractivity contribution >= 4 is 5.91 Å². The van der Waals surface area contributed by atoms with Crippen LogP contribution in [0.4, 0.5) is 0 Å². The van der Waals surface area contributed by atoms with Crippen LogP contribution in [0.15, 0.2) is 24.3 Å². The van der Waals surface area contributed by atoms with Gasteiger partial charge in [-0.1, -0.05) is 0 Å². The predicted molar refractivity (Wildman–Crippen MR) is 67.3 cm³/mol. The van der Waals surface area contributed by atoms with E-state index < -0.39 is 0 Å². The summed E-state index contributed by atoms with van der Waals surface area (Å²) in [6.07, 6.45) is 2.01. The van der Waals surface area contributed by atoms with Crippen LogP contribution < -0.4 is 4.74 Å². The van der Waals surface area contributed by atoms with Gasteiger partial charge < -0.3 is 9.64 Å². The van der Waals surface area contributed by atoms with E-state index in [1.54, 1.807) is 29.2 Å². The molecule has 1 saturated carbocycles. The first kappa shape index (κ1) is 12.4. The second-order valence-corrected chi connectivity index (χ2v) is 4.28. The molecule has 0 spiro atoms. The Bertz CT molecular complexity index is 458. The fraction of sp³-hybridized carbons (Fsp3) is 0.429. The zero-order chi connectivity index (χ0) is 13.0. The average Bonchev–Trinajstić information content (AvgIpc) is 3.21. The topological polar surface area (TPSA) is 53.3 Å². The molecule has 0 aliphatic heterocycles. The molecule has 4 heteroatoms. The van der Waals surface area contributed by atoms with Crippen LogP contribution >= 0.6 is 0 Å². The van der Waals surface area contributed by atoms with Crippen molar-refractivity contribution in [3.8, 4) is 11.8 Å². The molecule has 2 rings (SSSR count). The third-order valence-electron chi connectivity index (χ3n) is 2.90. The second-order valence-electron chi connectivity index (χ2n) is 4.28. The van der Waals surface area contributed by atoms with Crippen LogP contribution in [-0.4, -0.2) is 30.0 Å². The summed E-state index contributed by atoms with van der Waals surface area (Å²) >= 11 is 0. The zero-order valence-corrected chi connectivity index (χ0v) is 10.4. The Hall–Kier alpha value is -2.02. The molecule has 1 aromatic carbocycles. The van der Waals surface area contributed by atoms with Gasteiger partial charge in [0, 0.05) is 11.6 Å². The summed E-state index contributed by atoms with van der Waals surface area (Å²) in [6, 6.07) is 9.38. The molecule has 4 nitrogen and oxygen atoms in total. The molecule has 1 amide bonds. The third-order valence-corrected chi connectivity index (χ3v) is 2.90. The minimum Gasteiger partial charge on any atom is -0.494 e. The number of carbonyl (C=O) groups is 1. The van der Waals surface area contributed by atoms with E-state index in [9.17, 15) is 4.79 Å². The molecule has 0 N–H and O–H groups in total. The number of benzene rings is 1. The number of ether oxygens (including phenoxy) is 1. The molecule has 0 saturated heterocycles. The maximum absolute atomic E-state index is 12.2. The number of nitriles is 1. The summed E-state index contributed by atoms with van der Waals surface area (Å²) in [5.41, 5.74) is 0.612. The van der Waals surface area contributed by atoms with E-state index in [1.807, 2.05) is 6.92 Å². The smallest absolute Gasteiger partial charge is 0.254 e. The first-order valence-electron chi connectivity index (χ1n) is 6.17. The molecule has 0 unspecified atom stereocenters. The Morgan fingerprint density at radius 1 is 1.44 bits per heavy atom. The van der Waals surface area contributed by atoms with Gasteiger partial charge in [-0.3, -0.25) is 4.79 Å². The fourth-order valence-electron chi connectivity index (χ4n) is 1.86. The fourth-order valence-corrected chi connectivity index (χ4v) is 1.86. The van der Waals surface area contributed by atoms with E-state index in [-0.39, 0.29) is 18.5 Å². The zero-order valence-electron chi connectivity index (χ0n) is 10.4. The van der Waals surface area contributed by atoms with Crippen LogP contribution in [0.5, 0.6) is 5.75 Å². The van der Waals surface area contributed by atoms with Crippen molar-refractivity contribution in [2.75, 3.05) is 13.2 Å². The number of nitrogens with zero attached hydrogens (tertiary/aromatic N) is 2. The monoisotopic (exact) mass is 244 g/mol. The second kappa shape index (κ2) is 5.54. The number of carbonyl (C=O) groups excluding carboxylic acids is 1. The predicted octanol–water partition coefficient (Wildman–Crippen LogP) is 2.21. The Morgan fingerprint density at radius 2 is 2.11 bits per heavy atom. The minimum atomic E-state index is -0.0675. The Morgan fingerprint density at radius 3 is 2.61 bits per heavy atom. The van der Waals surface area contributed by atoms with Crippen molar-refractivity contribution in [2.45, 2.75) is 25.8 Å². The van der Waals surface area contributed by atoms with E-state index in [1.165, 1.54) is 0 Å². The van der Waals surface area contributed by atoms with Crippen molar-refractivity contribution < 1.29 is 9.53 Å². The SMILES string of the molecule is CCOc1ccc(C(=O)N(CC#N)C2CC2)cc1. The normalized spacial score (nSPS) is 13.8. The van der Waals surface area contributed by atoms with E-state index in [4.69, 9.17) is 10.00 Å². The maximum Gasteiger partial charge on any atom is 0.254 e. The van der Waals surface area contributed by atoms with Crippen LogP contribution in [0, 0.1) is 11.3 Å². The van der Waals surface area contributed by atoms with E-state index in [0.717, 1.165) is 18.6 Å². The number of hydrogen-bond donors (Lipinski definition) is 0. The summed E-state index contributed by atoms with van der Waals surface area (Å²) < 4.78 is 5.33. The van der Waals surface area contributed by atoms with E-state index >= 15 is 0 Å². The van der Waals surface area contributed by atoms with Gasteiger partial charge in [0.05, 0.1) is 12.7 Å². The van der Waals surface area contributed by atoms with Gasteiger partial charge in [-0.25, -0.2) is 0 Å². The van der Waals surface area contributed by atoms with Gasteiger partial charge in [-0.05, 0) is 44.0 Å². The van der Waals surface area contributed by atoms with Gasteiger partial charge in [-0.15, -0.1) is 0 Å². The summed E-state index contributed by atoms with van der Waals surface area (Å²) in [5, 5.41) is 8.76. The lowest BCUT2D eigenvalue weighted by Crippen LogP contribution is -2.33. The Kier molecular flexibility index (Phi) is 3.83. The highest BCUT2D eigenvalue weighted by Crippen LogP contribution is 2.28. The van der Waals surface area contributed by atoms with Crippen LogP contribution in [0.1, 0.15) is 30.1 Å². The van der Waals surface area contributed by atoms with Gasteiger partial charge in [0.1, 0.15) is 12.3 Å². The van der Waals surface area contributed by atoms with E-state index in [0.29, 0.717) is 12.2 Å². The molecule has 1 aliphatic rings. The van der Waals surface area contributed by atoms with Crippen LogP contribution in [-0.2, 0) is 0 Å². The molecule has 0 bridgehead atoms. The molecule has 0 heterocycles. The lowest BCUT2D eigenvalue weighted by atomic mass is 10.2.